The maximum Gasteiger partial charge on any atom is 0.341 e. The average molecular weight is 524 g/mol. The van der Waals surface area contributed by atoms with E-state index < -0.39 is 17.9 Å². The number of hydrogen-bond acceptors (Lipinski definition) is 6. The number of fused-ring (bicyclic) bond motifs is 2. The summed E-state index contributed by atoms with van der Waals surface area (Å²) in [7, 11) is 1.32. The number of nitrogens with one attached hydrogen (secondary N) is 2. The number of methoxy groups -OCH3 is 1. The molecule has 2 aromatic heterocycles. The van der Waals surface area contributed by atoms with E-state index in [9.17, 15) is 9.59 Å². The first-order chi connectivity index (χ1) is 16.7. The molecule has 2 N–H and O–H groups in total. The fourth-order valence-corrected chi connectivity index (χ4v) is 7.45. The molecule has 0 bridgehead atoms. The van der Waals surface area contributed by atoms with E-state index in [1.807, 2.05) is 0 Å². The van der Waals surface area contributed by atoms with Crippen LogP contribution in [0.1, 0.15) is 68.4 Å². The molecule has 0 atom stereocenters. The van der Waals surface area contributed by atoms with Crippen LogP contribution in [0.4, 0.5) is 18.6 Å². The topological polar surface area (TPSA) is 70.7 Å². The zero-order chi connectivity index (χ0) is 25.3. The zero-order valence-corrected chi connectivity index (χ0v) is 21.9. The van der Waals surface area contributed by atoms with Gasteiger partial charge in [0.2, 0.25) is 0 Å². The minimum Gasteiger partial charge on any atom is -0.465 e. The standard InChI is InChI=1S/C25H31F2N3O3S2/c1-5-30-11-10-15-17(21(34-19(15)13-30)25(26,27)14(2)3)12-28-24(32)29-22-20(23(31)33-4)16-8-6-7-9-18(16)35-22/h2,5-13H2,1,3-4H3,(H2,28,29,32). The van der Waals surface area contributed by atoms with Crippen molar-refractivity contribution < 1.29 is 23.1 Å². The molecule has 2 aromatic rings. The number of esters is 1. The molecular weight excluding hydrogens is 492 g/mol. The molecule has 4 rings (SSSR count). The summed E-state index contributed by atoms with van der Waals surface area (Å²) >= 11 is 2.50. The smallest absolute Gasteiger partial charge is 0.341 e. The molecule has 190 valence electrons. The summed E-state index contributed by atoms with van der Waals surface area (Å²) in [4.78, 5) is 29.5. The Morgan fingerprint density at radius 1 is 1.14 bits per heavy atom. The third kappa shape index (κ3) is 5.01. The van der Waals surface area contributed by atoms with Gasteiger partial charge in [0.05, 0.1) is 17.6 Å². The summed E-state index contributed by atoms with van der Waals surface area (Å²) in [5.74, 6) is -3.65. The van der Waals surface area contributed by atoms with Crippen LogP contribution in [0, 0.1) is 0 Å². The van der Waals surface area contributed by atoms with Gasteiger partial charge in [0.1, 0.15) is 5.00 Å². The van der Waals surface area contributed by atoms with Crippen molar-refractivity contribution in [3.63, 3.8) is 0 Å². The van der Waals surface area contributed by atoms with Gasteiger partial charge < -0.3 is 10.1 Å². The number of alkyl halides is 2. The van der Waals surface area contributed by atoms with Gasteiger partial charge in [-0.05, 0) is 67.8 Å². The molecule has 1 aliphatic heterocycles. The molecule has 2 amide bonds. The quantitative estimate of drug-likeness (QED) is 0.353. The molecule has 0 saturated carbocycles. The Balaban J connectivity index is 1.57. The van der Waals surface area contributed by atoms with Crippen LogP contribution in [-0.2, 0) is 43.0 Å². The second-order valence-corrected chi connectivity index (χ2v) is 11.2. The number of anilines is 1. The molecule has 0 saturated heterocycles. The van der Waals surface area contributed by atoms with Crippen molar-refractivity contribution in [2.24, 2.45) is 0 Å². The van der Waals surface area contributed by atoms with Crippen molar-refractivity contribution in [2.75, 3.05) is 25.5 Å². The molecule has 3 heterocycles. The number of thiophene rings is 2. The Labute approximate surface area is 212 Å². The van der Waals surface area contributed by atoms with Crippen LogP contribution >= 0.6 is 22.7 Å². The molecule has 0 radical (unpaired) electrons. The third-order valence-electron chi connectivity index (χ3n) is 6.73. The third-order valence-corrected chi connectivity index (χ3v) is 9.26. The Kier molecular flexibility index (Phi) is 7.63. The summed E-state index contributed by atoms with van der Waals surface area (Å²) in [5.41, 5.74) is 2.50. The number of aryl methyl sites for hydroxylation is 1. The predicted molar refractivity (Wildman–Crippen MR) is 136 cm³/mol. The summed E-state index contributed by atoms with van der Waals surface area (Å²) in [6, 6.07) is -0.538. The maximum atomic E-state index is 15.1. The summed E-state index contributed by atoms with van der Waals surface area (Å²) in [5, 5.41) is 5.98. The molecule has 0 fully saturated rings. The first-order valence-electron chi connectivity index (χ1n) is 11.8. The SMILES string of the molecule is C=C(C)C(F)(F)c1sc2c(c1CNC(=O)Nc1sc3c(c1C(=O)OC)CCCC3)CCN(CC)C2. The fraction of sp³-hybridized carbons (Fsp3) is 0.520. The first-order valence-corrected chi connectivity index (χ1v) is 13.5. The number of carbonyl (C=O) groups excluding carboxylic acids is 2. The summed E-state index contributed by atoms with van der Waals surface area (Å²) in [6.45, 7) is 9.13. The molecule has 1 aliphatic carbocycles. The molecule has 6 nitrogen and oxygen atoms in total. The maximum absolute atomic E-state index is 15.1. The molecule has 35 heavy (non-hydrogen) atoms. The molecule has 10 heteroatoms. The summed E-state index contributed by atoms with van der Waals surface area (Å²) < 4.78 is 35.2. The highest BCUT2D eigenvalue weighted by Gasteiger charge is 2.39. The number of nitrogens with zero attached hydrogens (tertiary/aromatic N) is 1. The lowest BCUT2D eigenvalue weighted by molar-refractivity contribution is 0.0416. The fourth-order valence-electron chi connectivity index (χ4n) is 4.71. The van der Waals surface area contributed by atoms with Gasteiger partial charge in [0.15, 0.2) is 0 Å². The van der Waals surface area contributed by atoms with Gasteiger partial charge in [-0.25, -0.2) is 9.59 Å². The van der Waals surface area contributed by atoms with E-state index in [2.05, 4.69) is 29.0 Å². The van der Waals surface area contributed by atoms with E-state index in [1.54, 1.807) is 0 Å². The number of ether oxygens (including phenoxy) is 1. The Morgan fingerprint density at radius 3 is 2.57 bits per heavy atom. The second kappa shape index (κ2) is 10.4. The normalized spacial score (nSPS) is 15.8. The van der Waals surface area contributed by atoms with Gasteiger partial charge in [0.25, 0.3) is 0 Å². The minimum atomic E-state index is -3.17. The van der Waals surface area contributed by atoms with Crippen molar-refractivity contribution in [1.82, 2.24) is 10.2 Å². The van der Waals surface area contributed by atoms with Crippen molar-refractivity contribution >= 4 is 39.7 Å². The molecule has 0 aromatic carbocycles. The lowest BCUT2D eigenvalue weighted by Gasteiger charge is -2.25. The van der Waals surface area contributed by atoms with Crippen LogP contribution in [0.5, 0.6) is 0 Å². The van der Waals surface area contributed by atoms with Crippen molar-refractivity contribution in [3.8, 4) is 0 Å². The second-order valence-electron chi connectivity index (χ2n) is 9.00. The number of amides is 2. The molecule has 0 unspecified atom stereocenters. The van der Waals surface area contributed by atoms with Gasteiger partial charge in [-0.3, -0.25) is 10.2 Å². The molecule has 0 spiro atoms. The Bertz CT molecular complexity index is 1160. The van der Waals surface area contributed by atoms with Crippen LogP contribution in [-0.4, -0.2) is 37.1 Å². The van der Waals surface area contributed by atoms with Crippen molar-refractivity contribution in [2.45, 2.75) is 65.0 Å². The molecular formula is C25H31F2N3O3S2. The highest BCUT2D eigenvalue weighted by Crippen LogP contribution is 2.45. The van der Waals surface area contributed by atoms with Gasteiger partial charge in [-0.2, -0.15) is 8.78 Å². The van der Waals surface area contributed by atoms with Crippen LogP contribution < -0.4 is 10.6 Å². The lowest BCUT2D eigenvalue weighted by Crippen LogP contribution is -2.32. The zero-order valence-electron chi connectivity index (χ0n) is 20.3. The number of rotatable bonds is 7. The van der Waals surface area contributed by atoms with E-state index in [0.717, 1.165) is 71.0 Å². The van der Waals surface area contributed by atoms with Crippen molar-refractivity contribution in [3.05, 3.63) is 49.0 Å². The number of hydrogen-bond donors (Lipinski definition) is 2. The monoisotopic (exact) mass is 523 g/mol. The van der Waals surface area contributed by atoms with E-state index >= 15 is 8.78 Å². The highest BCUT2D eigenvalue weighted by molar-refractivity contribution is 7.17. The number of likely N-dealkylation sites (N-methyl/N-ethyl adjacent to an activating group) is 1. The van der Waals surface area contributed by atoms with Gasteiger partial charge in [-0.1, -0.05) is 13.5 Å². The number of allylic oxidation sites excluding steroid dienone is 1. The van der Waals surface area contributed by atoms with Gasteiger partial charge in [0, 0.05) is 29.4 Å². The van der Waals surface area contributed by atoms with Crippen LogP contribution in [0.25, 0.3) is 0 Å². The largest absolute Gasteiger partial charge is 0.465 e. The van der Waals surface area contributed by atoms with Crippen LogP contribution in [0.3, 0.4) is 0 Å². The minimum absolute atomic E-state index is 0.0271. The first kappa shape index (κ1) is 25.8. The van der Waals surface area contributed by atoms with Gasteiger partial charge in [-0.15, -0.1) is 22.7 Å². The average Bonchev–Trinajstić information content (AvgIpc) is 3.39. The Hall–Kier alpha value is -2.30. The number of halogens is 2. The summed E-state index contributed by atoms with van der Waals surface area (Å²) in [6.07, 6.45) is 4.32. The highest BCUT2D eigenvalue weighted by atomic mass is 32.1. The van der Waals surface area contributed by atoms with Crippen LogP contribution in [0.2, 0.25) is 0 Å². The van der Waals surface area contributed by atoms with E-state index in [-0.39, 0.29) is 17.0 Å². The molecule has 2 aliphatic rings. The predicted octanol–water partition coefficient (Wildman–Crippen LogP) is 5.84. The number of carbonyl (C=O) groups is 2. The van der Waals surface area contributed by atoms with E-state index in [0.29, 0.717) is 29.1 Å². The number of urea groups is 1. The van der Waals surface area contributed by atoms with Crippen LogP contribution in [0.15, 0.2) is 12.2 Å². The Morgan fingerprint density at radius 2 is 1.89 bits per heavy atom. The van der Waals surface area contributed by atoms with E-state index in [1.165, 1.54) is 25.4 Å². The lowest BCUT2D eigenvalue weighted by atomic mass is 9.95. The van der Waals surface area contributed by atoms with Gasteiger partial charge >= 0.3 is 17.9 Å². The van der Waals surface area contributed by atoms with E-state index in [4.69, 9.17) is 4.74 Å². The van der Waals surface area contributed by atoms with Crippen molar-refractivity contribution in [1.29, 1.82) is 0 Å².